The number of ether oxygens (including phenoxy) is 2. The van der Waals surface area contributed by atoms with Crippen molar-refractivity contribution in [1.82, 2.24) is 24.9 Å². The van der Waals surface area contributed by atoms with Gasteiger partial charge in [-0.2, -0.15) is 4.98 Å². The lowest BCUT2D eigenvalue weighted by atomic mass is 10.2. The van der Waals surface area contributed by atoms with Gasteiger partial charge in [0.1, 0.15) is 18.1 Å². The van der Waals surface area contributed by atoms with Gasteiger partial charge in [-0.1, -0.05) is 65.4 Å². The maximum absolute atomic E-state index is 6.05. The van der Waals surface area contributed by atoms with E-state index in [0.717, 1.165) is 28.3 Å². The second-order valence-electron chi connectivity index (χ2n) is 7.66. The van der Waals surface area contributed by atoms with Crippen LogP contribution in [0.1, 0.15) is 17.3 Å². The normalized spacial score (nSPS) is 10.9. The summed E-state index contributed by atoms with van der Waals surface area (Å²) in [6, 6.07) is 25.4. The predicted octanol–water partition coefficient (Wildman–Crippen LogP) is 5.51. The van der Waals surface area contributed by atoms with E-state index < -0.39 is 0 Å². The molecule has 0 radical (unpaired) electrons. The summed E-state index contributed by atoms with van der Waals surface area (Å²) in [6.07, 6.45) is 0. The Bertz CT molecular complexity index is 1420. The van der Waals surface area contributed by atoms with Crippen molar-refractivity contribution in [3.05, 3.63) is 96.1 Å². The topological polar surface area (TPSA) is 88.1 Å². The number of hydrogen-bond donors (Lipinski definition) is 0. The molecule has 0 unspecified atom stereocenters. The molecule has 0 bridgehead atoms. The van der Waals surface area contributed by atoms with Gasteiger partial charge in [-0.15, -0.1) is 10.2 Å². The average Bonchev–Trinajstić information content (AvgIpc) is 3.55. The standard InChI is InChI=1S/C26H23N5O3S/c1-18-9-6-7-14-22(18)33-16-23-28-29-26(31(23)20-11-4-3-5-12-20)35-17-24-27-25(30-34-24)19-10-8-13-21(15-19)32-2/h3-15H,16-17H2,1-2H3. The molecule has 0 N–H and O–H groups in total. The van der Waals surface area contributed by atoms with Crippen LogP contribution >= 0.6 is 11.8 Å². The second-order valence-corrected chi connectivity index (χ2v) is 8.60. The minimum Gasteiger partial charge on any atom is -0.497 e. The van der Waals surface area contributed by atoms with Crippen LogP contribution in [0.25, 0.3) is 17.1 Å². The lowest BCUT2D eigenvalue weighted by Gasteiger charge is -2.11. The van der Waals surface area contributed by atoms with Crippen LogP contribution in [0.3, 0.4) is 0 Å². The van der Waals surface area contributed by atoms with Crippen LogP contribution in [0.2, 0.25) is 0 Å². The zero-order chi connectivity index (χ0) is 24.0. The third-order valence-electron chi connectivity index (χ3n) is 5.29. The number of methoxy groups -OCH3 is 1. The minimum atomic E-state index is 0.286. The maximum atomic E-state index is 6.05. The van der Waals surface area contributed by atoms with Crippen molar-refractivity contribution in [3.63, 3.8) is 0 Å². The van der Waals surface area contributed by atoms with E-state index in [1.54, 1.807) is 7.11 Å². The van der Waals surface area contributed by atoms with Gasteiger partial charge in [-0.25, -0.2) is 0 Å². The molecule has 0 atom stereocenters. The van der Waals surface area contributed by atoms with Crippen LogP contribution in [-0.4, -0.2) is 32.0 Å². The Morgan fingerprint density at radius 1 is 0.943 bits per heavy atom. The number of para-hydroxylation sites is 2. The van der Waals surface area contributed by atoms with Crippen LogP contribution in [0.5, 0.6) is 11.5 Å². The SMILES string of the molecule is COc1cccc(-c2noc(CSc3nnc(COc4ccccc4C)n3-c3ccccc3)n2)c1. The van der Waals surface area contributed by atoms with E-state index in [1.807, 2.05) is 90.4 Å². The molecule has 8 nitrogen and oxygen atoms in total. The summed E-state index contributed by atoms with van der Waals surface area (Å²) in [7, 11) is 1.63. The van der Waals surface area contributed by atoms with Gasteiger partial charge in [0.25, 0.3) is 0 Å². The van der Waals surface area contributed by atoms with E-state index >= 15 is 0 Å². The number of aryl methyl sites for hydroxylation is 1. The summed E-state index contributed by atoms with van der Waals surface area (Å²) in [4.78, 5) is 4.53. The van der Waals surface area contributed by atoms with Gasteiger partial charge in [0.15, 0.2) is 11.0 Å². The fraction of sp³-hybridized carbons (Fsp3) is 0.154. The van der Waals surface area contributed by atoms with Gasteiger partial charge in [0, 0.05) is 11.3 Å². The number of nitrogens with zero attached hydrogens (tertiary/aromatic N) is 5. The maximum Gasteiger partial charge on any atom is 0.237 e. The largest absolute Gasteiger partial charge is 0.497 e. The summed E-state index contributed by atoms with van der Waals surface area (Å²) in [6.45, 7) is 2.30. The molecular weight excluding hydrogens is 462 g/mol. The van der Waals surface area contributed by atoms with Crippen LogP contribution in [-0.2, 0) is 12.4 Å². The molecular formula is C26H23N5O3S. The van der Waals surface area contributed by atoms with Crippen LogP contribution in [0, 0.1) is 6.92 Å². The highest BCUT2D eigenvalue weighted by molar-refractivity contribution is 7.98. The summed E-state index contributed by atoms with van der Waals surface area (Å²) in [5, 5.41) is 13.6. The zero-order valence-electron chi connectivity index (χ0n) is 19.3. The summed E-state index contributed by atoms with van der Waals surface area (Å²) in [5.41, 5.74) is 2.84. The molecule has 0 spiro atoms. The van der Waals surface area contributed by atoms with E-state index in [-0.39, 0.29) is 6.61 Å². The van der Waals surface area contributed by atoms with Gasteiger partial charge >= 0.3 is 0 Å². The van der Waals surface area contributed by atoms with E-state index in [4.69, 9.17) is 14.0 Å². The number of thioether (sulfide) groups is 1. The number of rotatable bonds is 9. The number of aromatic nitrogens is 5. The number of hydrogen-bond acceptors (Lipinski definition) is 8. The monoisotopic (exact) mass is 485 g/mol. The van der Waals surface area contributed by atoms with Crippen molar-refractivity contribution in [2.24, 2.45) is 0 Å². The van der Waals surface area contributed by atoms with Crippen molar-refractivity contribution < 1.29 is 14.0 Å². The molecule has 0 aliphatic rings. The third kappa shape index (κ3) is 5.20. The Morgan fingerprint density at radius 2 is 1.77 bits per heavy atom. The molecule has 0 saturated carbocycles. The third-order valence-corrected chi connectivity index (χ3v) is 6.20. The molecule has 0 aliphatic heterocycles. The molecule has 0 saturated heterocycles. The Kier molecular flexibility index (Phi) is 6.76. The van der Waals surface area contributed by atoms with E-state index in [9.17, 15) is 0 Å². The first-order valence-electron chi connectivity index (χ1n) is 11.0. The van der Waals surface area contributed by atoms with Crippen molar-refractivity contribution in [2.75, 3.05) is 7.11 Å². The Balaban J connectivity index is 1.35. The van der Waals surface area contributed by atoms with Crippen molar-refractivity contribution in [3.8, 4) is 28.6 Å². The molecule has 0 aliphatic carbocycles. The first-order valence-corrected chi connectivity index (χ1v) is 12.0. The summed E-state index contributed by atoms with van der Waals surface area (Å²) in [5.74, 6) is 3.70. The Hall–Kier alpha value is -4.11. The molecule has 2 heterocycles. The Morgan fingerprint density at radius 3 is 2.60 bits per heavy atom. The first kappa shape index (κ1) is 22.7. The minimum absolute atomic E-state index is 0.286. The lowest BCUT2D eigenvalue weighted by molar-refractivity contribution is 0.291. The van der Waals surface area contributed by atoms with Crippen molar-refractivity contribution in [2.45, 2.75) is 24.4 Å². The fourth-order valence-corrected chi connectivity index (χ4v) is 4.31. The molecule has 0 amide bonds. The van der Waals surface area contributed by atoms with Gasteiger partial charge in [0.2, 0.25) is 11.7 Å². The second kappa shape index (κ2) is 10.4. The van der Waals surface area contributed by atoms with Crippen LogP contribution < -0.4 is 9.47 Å². The van der Waals surface area contributed by atoms with Gasteiger partial charge < -0.3 is 14.0 Å². The predicted molar refractivity (Wildman–Crippen MR) is 133 cm³/mol. The summed E-state index contributed by atoms with van der Waals surface area (Å²) >= 11 is 1.47. The quantitative estimate of drug-likeness (QED) is 0.253. The molecule has 3 aromatic carbocycles. The van der Waals surface area contributed by atoms with E-state index in [0.29, 0.717) is 28.4 Å². The molecule has 176 valence electrons. The smallest absolute Gasteiger partial charge is 0.237 e. The molecule has 9 heteroatoms. The van der Waals surface area contributed by atoms with Gasteiger partial charge in [-0.05, 0) is 42.8 Å². The molecule has 2 aromatic heterocycles. The van der Waals surface area contributed by atoms with Crippen molar-refractivity contribution >= 4 is 11.8 Å². The zero-order valence-corrected chi connectivity index (χ0v) is 20.1. The molecule has 5 aromatic rings. The lowest BCUT2D eigenvalue weighted by Crippen LogP contribution is -2.07. The number of benzene rings is 3. The van der Waals surface area contributed by atoms with Crippen LogP contribution in [0.15, 0.2) is 88.5 Å². The molecule has 5 rings (SSSR count). The Labute approximate surface area is 206 Å². The van der Waals surface area contributed by atoms with E-state index in [2.05, 4.69) is 20.3 Å². The first-order chi connectivity index (χ1) is 17.2. The van der Waals surface area contributed by atoms with Gasteiger partial charge in [0.05, 0.1) is 12.9 Å². The fourth-order valence-electron chi connectivity index (χ4n) is 3.50. The molecule has 0 fully saturated rings. The highest BCUT2D eigenvalue weighted by Gasteiger charge is 2.17. The average molecular weight is 486 g/mol. The van der Waals surface area contributed by atoms with Crippen molar-refractivity contribution in [1.29, 1.82) is 0 Å². The van der Waals surface area contributed by atoms with Crippen LogP contribution in [0.4, 0.5) is 0 Å². The molecule has 35 heavy (non-hydrogen) atoms. The highest BCUT2D eigenvalue weighted by Crippen LogP contribution is 2.27. The van der Waals surface area contributed by atoms with Gasteiger partial charge in [-0.3, -0.25) is 4.57 Å². The van der Waals surface area contributed by atoms with E-state index in [1.165, 1.54) is 11.8 Å². The highest BCUT2D eigenvalue weighted by atomic mass is 32.2. The summed E-state index contributed by atoms with van der Waals surface area (Å²) < 4.78 is 18.8.